The van der Waals surface area contributed by atoms with Gasteiger partial charge in [-0.1, -0.05) is 18.6 Å². The Labute approximate surface area is 164 Å². The molecule has 2 heterocycles. The van der Waals surface area contributed by atoms with Gasteiger partial charge in [0.15, 0.2) is 0 Å². The van der Waals surface area contributed by atoms with Crippen LogP contribution in [-0.2, 0) is 19.4 Å². The summed E-state index contributed by atoms with van der Waals surface area (Å²) >= 11 is 1.74. The number of nitrogens with one attached hydrogen (secondary N) is 1. The zero-order valence-electron chi connectivity index (χ0n) is 15.7. The molecule has 1 amide bonds. The van der Waals surface area contributed by atoms with Gasteiger partial charge in [0.05, 0.1) is 11.0 Å². The summed E-state index contributed by atoms with van der Waals surface area (Å²) in [5.41, 5.74) is 4.01. The molecule has 2 aromatic carbocycles. The summed E-state index contributed by atoms with van der Waals surface area (Å²) in [5, 5.41) is 3.03. The van der Waals surface area contributed by atoms with E-state index < -0.39 is 0 Å². The lowest BCUT2D eigenvalue weighted by Gasteiger charge is -2.07. The van der Waals surface area contributed by atoms with Crippen LogP contribution in [0.15, 0.2) is 47.4 Å². The topological polar surface area (TPSA) is 46.9 Å². The van der Waals surface area contributed by atoms with E-state index in [1.54, 1.807) is 11.8 Å². The van der Waals surface area contributed by atoms with E-state index in [0.29, 0.717) is 12.1 Å². The maximum atomic E-state index is 12.5. The van der Waals surface area contributed by atoms with Gasteiger partial charge in [0, 0.05) is 30.0 Å². The summed E-state index contributed by atoms with van der Waals surface area (Å²) < 4.78 is 2.32. The van der Waals surface area contributed by atoms with Crippen molar-refractivity contribution in [3.05, 3.63) is 59.4 Å². The lowest BCUT2D eigenvalue weighted by molar-refractivity contribution is 0.0954. The van der Waals surface area contributed by atoms with Gasteiger partial charge in [-0.2, -0.15) is 0 Å². The van der Waals surface area contributed by atoms with Gasteiger partial charge in [-0.15, -0.1) is 11.8 Å². The van der Waals surface area contributed by atoms with Crippen LogP contribution >= 0.6 is 11.8 Å². The number of thioether (sulfide) groups is 1. The molecule has 0 saturated heterocycles. The van der Waals surface area contributed by atoms with Gasteiger partial charge in [0.2, 0.25) is 0 Å². The molecule has 27 heavy (non-hydrogen) atoms. The smallest absolute Gasteiger partial charge is 0.251 e. The molecule has 1 N–H and O–H groups in total. The molecule has 1 aliphatic heterocycles. The first-order chi connectivity index (χ1) is 13.2. The van der Waals surface area contributed by atoms with Gasteiger partial charge >= 0.3 is 0 Å². The molecule has 0 radical (unpaired) electrons. The number of benzene rings is 2. The summed E-state index contributed by atoms with van der Waals surface area (Å²) in [6.45, 7) is 1.67. The van der Waals surface area contributed by atoms with Crippen LogP contribution in [0.1, 0.15) is 41.0 Å². The van der Waals surface area contributed by atoms with Crippen LogP contribution in [0, 0.1) is 0 Å². The molecule has 4 rings (SSSR count). The van der Waals surface area contributed by atoms with Gasteiger partial charge in [-0.05, 0) is 61.4 Å². The number of rotatable bonds is 5. The Morgan fingerprint density at radius 2 is 2.00 bits per heavy atom. The Morgan fingerprint density at radius 3 is 2.81 bits per heavy atom. The second kappa shape index (κ2) is 8.17. The van der Waals surface area contributed by atoms with Crippen LogP contribution in [0.3, 0.4) is 0 Å². The Hall–Kier alpha value is -2.27. The minimum atomic E-state index is -0.0270. The lowest BCUT2D eigenvalue weighted by Crippen LogP contribution is -2.25. The minimum Gasteiger partial charge on any atom is -0.352 e. The number of aromatic nitrogens is 2. The fourth-order valence-electron chi connectivity index (χ4n) is 3.71. The number of nitrogens with zero attached hydrogens (tertiary/aromatic N) is 2. The minimum absolute atomic E-state index is 0.0270. The van der Waals surface area contributed by atoms with Crippen LogP contribution in [-0.4, -0.2) is 28.3 Å². The second-order valence-electron chi connectivity index (χ2n) is 7.05. The van der Waals surface area contributed by atoms with Crippen molar-refractivity contribution in [1.82, 2.24) is 14.9 Å². The third-order valence-electron chi connectivity index (χ3n) is 5.23. The Balaban J connectivity index is 1.41. The van der Waals surface area contributed by atoms with Crippen molar-refractivity contribution in [3.8, 4) is 0 Å². The van der Waals surface area contributed by atoms with Crippen LogP contribution < -0.4 is 5.32 Å². The van der Waals surface area contributed by atoms with E-state index in [0.717, 1.165) is 36.2 Å². The van der Waals surface area contributed by atoms with E-state index in [1.807, 2.05) is 18.2 Å². The molecule has 1 aromatic heterocycles. The molecular weight excluding hydrogens is 354 g/mol. The molecular formula is C22H25N3OS. The predicted octanol–water partition coefficient (Wildman–Crippen LogP) is 4.46. The van der Waals surface area contributed by atoms with Crippen LogP contribution in [0.4, 0.5) is 0 Å². The SMILES string of the molecule is CSc1ccc(CCNC(=O)c2ccc3c(c2)nc2n3CCCCC2)cc1. The maximum absolute atomic E-state index is 12.5. The molecule has 0 spiro atoms. The van der Waals surface area contributed by atoms with Gasteiger partial charge in [-0.3, -0.25) is 4.79 Å². The van der Waals surface area contributed by atoms with Crippen molar-refractivity contribution < 1.29 is 4.79 Å². The molecule has 0 saturated carbocycles. The van der Waals surface area contributed by atoms with Crippen LogP contribution in [0.25, 0.3) is 11.0 Å². The predicted molar refractivity (Wildman–Crippen MR) is 112 cm³/mol. The average Bonchev–Trinajstić information content (AvgIpc) is 2.88. The molecule has 4 nitrogen and oxygen atoms in total. The third kappa shape index (κ3) is 4.03. The molecule has 0 atom stereocenters. The highest BCUT2D eigenvalue weighted by Crippen LogP contribution is 2.23. The standard InChI is InChI=1S/C22H25N3OS/c1-27-18-9-6-16(7-10-18)12-13-23-22(26)17-8-11-20-19(15-17)24-21-5-3-2-4-14-25(20)21/h6-11,15H,2-5,12-14H2,1H3,(H,23,26). The highest BCUT2D eigenvalue weighted by molar-refractivity contribution is 7.98. The quantitative estimate of drug-likeness (QED) is 0.666. The first kappa shape index (κ1) is 18.1. The lowest BCUT2D eigenvalue weighted by atomic mass is 10.1. The van der Waals surface area contributed by atoms with Gasteiger partial charge in [0.1, 0.15) is 5.82 Å². The number of carbonyl (C=O) groups excluding carboxylic acids is 1. The number of hydrogen-bond donors (Lipinski definition) is 1. The van der Waals surface area contributed by atoms with E-state index in [2.05, 4.69) is 40.4 Å². The number of fused-ring (bicyclic) bond motifs is 3. The van der Waals surface area contributed by atoms with Crippen molar-refractivity contribution in [2.24, 2.45) is 0 Å². The molecule has 5 heteroatoms. The van der Waals surface area contributed by atoms with E-state index >= 15 is 0 Å². The highest BCUT2D eigenvalue weighted by Gasteiger charge is 2.15. The zero-order chi connectivity index (χ0) is 18.6. The summed E-state index contributed by atoms with van der Waals surface area (Å²) in [5.74, 6) is 1.13. The van der Waals surface area contributed by atoms with E-state index in [4.69, 9.17) is 4.98 Å². The zero-order valence-corrected chi connectivity index (χ0v) is 16.5. The highest BCUT2D eigenvalue weighted by atomic mass is 32.2. The monoisotopic (exact) mass is 379 g/mol. The molecule has 0 fully saturated rings. The fourth-order valence-corrected chi connectivity index (χ4v) is 4.11. The van der Waals surface area contributed by atoms with Gasteiger partial charge in [-0.25, -0.2) is 4.98 Å². The van der Waals surface area contributed by atoms with Crippen molar-refractivity contribution in [2.45, 2.75) is 43.5 Å². The average molecular weight is 380 g/mol. The molecule has 1 aliphatic rings. The largest absolute Gasteiger partial charge is 0.352 e. The van der Waals surface area contributed by atoms with Gasteiger partial charge < -0.3 is 9.88 Å². The van der Waals surface area contributed by atoms with Crippen molar-refractivity contribution in [1.29, 1.82) is 0 Å². The van der Waals surface area contributed by atoms with Crippen LogP contribution in [0.2, 0.25) is 0 Å². The molecule has 0 bridgehead atoms. The number of hydrogen-bond acceptors (Lipinski definition) is 3. The maximum Gasteiger partial charge on any atom is 0.251 e. The van der Waals surface area contributed by atoms with Crippen molar-refractivity contribution in [3.63, 3.8) is 0 Å². The van der Waals surface area contributed by atoms with E-state index in [1.165, 1.54) is 29.7 Å². The first-order valence-corrected chi connectivity index (χ1v) is 10.9. The Morgan fingerprint density at radius 1 is 1.15 bits per heavy atom. The van der Waals surface area contributed by atoms with Crippen molar-refractivity contribution >= 4 is 28.7 Å². The van der Waals surface area contributed by atoms with Crippen molar-refractivity contribution in [2.75, 3.05) is 12.8 Å². The molecule has 140 valence electrons. The molecule has 0 aliphatic carbocycles. The number of aryl methyl sites for hydroxylation is 2. The number of amides is 1. The summed E-state index contributed by atoms with van der Waals surface area (Å²) in [6.07, 6.45) is 7.62. The third-order valence-corrected chi connectivity index (χ3v) is 5.97. The normalized spacial score (nSPS) is 14.0. The summed E-state index contributed by atoms with van der Waals surface area (Å²) in [4.78, 5) is 18.6. The Kier molecular flexibility index (Phi) is 5.48. The molecule has 3 aromatic rings. The van der Waals surface area contributed by atoms with E-state index in [9.17, 15) is 4.79 Å². The second-order valence-corrected chi connectivity index (χ2v) is 7.93. The number of carbonyl (C=O) groups is 1. The summed E-state index contributed by atoms with van der Waals surface area (Å²) in [6, 6.07) is 14.4. The number of imidazole rings is 1. The molecule has 0 unspecified atom stereocenters. The van der Waals surface area contributed by atoms with Crippen LogP contribution in [0.5, 0.6) is 0 Å². The first-order valence-electron chi connectivity index (χ1n) is 9.65. The summed E-state index contributed by atoms with van der Waals surface area (Å²) in [7, 11) is 0. The Bertz CT molecular complexity index is 946. The van der Waals surface area contributed by atoms with Gasteiger partial charge in [0.25, 0.3) is 5.91 Å². The van der Waals surface area contributed by atoms with E-state index in [-0.39, 0.29) is 5.91 Å². The fraction of sp³-hybridized carbons (Fsp3) is 0.364.